The molecule has 90 valence electrons. The molecule has 0 amide bonds. The highest BCUT2D eigenvalue weighted by atomic mass is 19.1. The third-order valence-electron chi connectivity index (χ3n) is 2.48. The smallest absolute Gasteiger partial charge is 0.148 e. The molecule has 2 rings (SSSR count). The van der Waals surface area contributed by atoms with E-state index in [1.165, 1.54) is 6.07 Å². The van der Waals surface area contributed by atoms with E-state index in [9.17, 15) is 4.39 Å². The standard InChI is InChI=1S/C13H15FN2O/c1-9(7-11-3-2-6-17-11)16-13-5-4-10(15)8-12(13)14/h2-6,8-9,16H,7,15H2,1H3. The van der Waals surface area contributed by atoms with E-state index in [2.05, 4.69) is 5.32 Å². The fraction of sp³-hybridized carbons (Fsp3) is 0.231. The topological polar surface area (TPSA) is 51.2 Å². The summed E-state index contributed by atoms with van der Waals surface area (Å²) in [5, 5.41) is 3.09. The normalized spacial score (nSPS) is 12.4. The second-order valence-corrected chi connectivity index (χ2v) is 4.07. The van der Waals surface area contributed by atoms with Gasteiger partial charge in [0, 0.05) is 18.2 Å². The molecule has 1 atom stereocenters. The number of hydrogen-bond donors (Lipinski definition) is 2. The Bertz CT molecular complexity index is 482. The van der Waals surface area contributed by atoms with Gasteiger partial charge in [0.1, 0.15) is 11.6 Å². The summed E-state index contributed by atoms with van der Waals surface area (Å²) in [6, 6.07) is 8.44. The molecule has 0 spiro atoms. The van der Waals surface area contributed by atoms with Crippen LogP contribution in [0.25, 0.3) is 0 Å². The second kappa shape index (κ2) is 4.91. The van der Waals surface area contributed by atoms with E-state index in [1.807, 2.05) is 19.1 Å². The second-order valence-electron chi connectivity index (χ2n) is 4.07. The molecule has 0 bridgehead atoms. The maximum absolute atomic E-state index is 13.5. The Morgan fingerprint density at radius 1 is 1.41 bits per heavy atom. The summed E-state index contributed by atoms with van der Waals surface area (Å²) >= 11 is 0. The Morgan fingerprint density at radius 3 is 2.88 bits per heavy atom. The van der Waals surface area contributed by atoms with Crippen molar-refractivity contribution >= 4 is 11.4 Å². The Morgan fingerprint density at radius 2 is 2.24 bits per heavy atom. The molecule has 1 unspecified atom stereocenters. The molecule has 2 aromatic rings. The molecule has 0 saturated heterocycles. The number of nitrogen functional groups attached to an aromatic ring is 1. The molecule has 0 aliphatic heterocycles. The SMILES string of the molecule is CC(Cc1ccco1)Nc1ccc(N)cc1F. The van der Waals surface area contributed by atoms with Crippen LogP contribution in [0.3, 0.4) is 0 Å². The molecule has 0 saturated carbocycles. The first-order valence-electron chi connectivity index (χ1n) is 5.49. The van der Waals surface area contributed by atoms with Crippen LogP contribution in [0.2, 0.25) is 0 Å². The van der Waals surface area contributed by atoms with Gasteiger partial charge in [0.05, 0.1) is 12.0 Å². The molecule has 3 N–H and O–H groups in total. The van der Waals surface area contributed by atoms with Crippen molar-refractivity contribution in [3.63, 3.8) is 0 Å². The maximum Gasteiger partial charge on any atom is 0.148 e. The number of halogens is 1. The lowest BCUT2D eigenvalue weighted by Gasteiger charge is -2.14. The van der Waals surface area contributed by atoms with E-state index in [1.54, 1.807) is 18.4 Å². The number of anilines is 2. The van der Waals surface area contributed by atoms with Crippen molar-refractivity contribution < 1.29 is 8.81 Å². The van der Waals surface area contributed by atoms with Gasteiger partial charge in [-0.15, -0.1) is 0 Å². The Kier molecular flexibility index (Phi) is 3.32. The minimum absolute atomic E-state index is 0.0827. The van der Waals surface area contributed by atoms with Crippen LogP contribution in [0.4, 0.5) is 15.8 Å². The van der Waals surface area contributed by atoms with E-state index >= 15 is 0 Å². The molecule has 0 aliphatic carbocycles. The van der Waals surface area contributed by atoms with Crippen LogP contribution in [0.15, 0.2) is 41.0 Å². The molecular weight excluding hydrogens is 219 g/mol. The molecule has 4 heteroatoms. The highest BCUT2D eigenvalue weighted by Crippen LogP contribution is 2.18. The van der Waals surface area contributed by atoms with Crippen molar-refractivity contribution in [1.29, 1.82) is 0 Å². The maximum atomic E-state index is 13.5. The van der Waals surface area contributed by atoms with Gasteiger partial charge in [-0.2, -0.15) is 0 Å². The van der Waals surface area contributed by atoms with Crippen LogP contribution in [-0.2, 0) is 6.42 Å². The third kappa shape index (κ3) is 3.00. The predicted octanol–water partition coefficient (Wildman–Crippen LogP) is 3.04. The molecule has 17 heavy (non-hydrogen) atoms. The zero-order valence-electron chi connectivity index (χ0n) is 9.61. The Hall–Kier alpha value is -1.97. The highest BCUT2D eigenvalue weighted by Gasteiger charge is 2.08. The number of rotatable bonds is 4. The van der Waals surface area contributed by atoms with Crippen molar-refractivity contribution in [2.24, 2.45) is 0 Å². The van der Waals surface area contributed by atoms with Gasteiger partial charge in [0.25, 0.3) is 0 Å². The lowest BCUT2D eigenvalue weighted by Crippen LogP contribution is -2.18. The lowest BCUT2D eigenvalue weighted by atomic mass is 10.2. The summed E-state index contributed by atoms with van der Waals surface area (Å²) in [7, 11) is 0. The number of benzene rings is 1. The highest BCUT2D eigenvalue weighted by molar-refractivity contribution is 5.53. The van der Waals surface area contributed by atoms with Crippen LogP contribution in [-0.4, -0.2) is 6.04 Å². The van der Waals surface area contributed by atoms with E-state index in [4.69, 9.17) is 10.2 Å². The van der Waals surface area contributed by atoms with Gasteiger partial charge in [-0.3, -0.25) is 0 Å². The summed E-state index contributed by atoms with van der Waals surface area (Å²) in [6.45, 7) is 1.97. The van der Waals surface area contributed by atoms with Crippen LogP contribution in [0.5, 0.6) is 0 Å². The van der Waals surface area contributed by atoms with Crippen LogP contribution < -0.4 is 11.1 Å². The van der Waals surface area contributed by atoms with Gasteiger partial charge in [-0.05, 0) is 37.3 Å². The van der Waals surface area contributed by atoms with E-state index in [-0.39, 0.29) is 11.9 Å². The average Bonchev–Trinajstić information content (AvgIpc) is 2.75. The third-order valence-corrected chi connectivity index (χ3v) is 2.48. The van der Waals surface area contributed by atoms with E-state index in [0.717, 1.165) is 5.76 Å². The minimum atomic E-state index is -0.337. The molecule has 1 aromatic carbocycles. The van der Waals surface area contributed by atoms with Crippen molar-refractivity contribution in [2.75, 3.05) is 11.1 Å². The molecular formula is C13H15FN2O. The largest absolute Gasteiger partial charge is 0.469 e. The van der Waals surface area contributed by atoms with Crippen LogP contribution >= 0.6 is 0 Å². The first kappa shape index (κ1) is 11.5. The summed E-state index contributed by atoms with van der Waals surface area (Å²) in [6.07, 6.45) is 2.34. The monoisotopic (exact) mass is 234 g/mol. The van der Waals surface area contributed by atoms with Crippen LogP contribution in [0.1, 0.15) is 12.7 Å². The summed E-state index contributed by atoms with van der Waals surface area (Å²) in [4.78, 5) is 0. The van der Waals surface area contributed by atoms with Gasteiger partial charge >= 0.3 is 0 Å². The Labute approximate surface area is 99.4 Å². The predicted molar refractivity (Wildman–Crippen MR) is 66.3 cm³/mol. The molecule has 0 radical (unpaired) electrons. The molecule has 1 aromatic heterocycles. The Balaban J connectivity index is 2.00. The molecule has 3 nitrogen and oxygen atoms in total. The zero-order valence-corrected chi connectivity index (χ0v) is 9.61. The molecule has 0 aliphatic rings. The quantitative estimate of drug-likeness (QED) is 0.799. The van der Waals surface area contributed by atoms with Crippen molar-refractivity contribution in [3.05, 3.63) is 48.2 Å². The zero-order chi connectivity index (χ0) is 12.3. The fourth-order valence-corrected chi connectivity index (χ4v) is 1.70. The average molecular weight is 234 g/mol. The number of furan rings is 1. The van der Waals surface area contributed by atoms with E-state index < -0.39 is 0 Å². The summed E-state index contributed by atoms with van der Waals surface area (Å²) in [5.74, 6) is 0.539. The van der Waals surface area contributed by atoms with Gasteiger partial charge in [-0.25, -0.2) is 4.39 Å². The number of hydrogen-bond acceptors (Lipinski definition) is 3. The fourth-order valence-electron chi connectivity index (χ4n) is 1.70. The van der Waals surface area contributed by atoms with Gasteiger partial charge in [0.2, 0.25) is 0 Å². The molecule has 1 heterocycles. The van der Waals surface area contributed by atoms with Crippen molar-refractivity contribution in [1.82, 2.24) is 0 Å². The number of nitrogens with one attached hydrogen (secondary N) is 1. The first-order valence-corrected chi connectivity index (χ1v) is 5.49. The molecule has 0 fully saturated rings. The van der Waals surface area contributed by atoms with Gasteiger partial charge in [-0.1, -0.05) is 0 Å². The summed E-state index contributed by atoms with van der Waals surface area (Å²) in [5.41, 5.74) is 6.36. The lowest BCUT2D eigenvalue weighted by molar-refractivity contribution is 0.497. The van der Waals surface area contributed by atoms with Crippen molar-refractivity contribution in [3.8, 4) is 0 Å². The van der Waals surface area contributed by atoms with Crippen molar-refractivity contribution in [2.45, 2.75) is 19.4 Å². The van der Waals surface area contributed by atoms with Crippen LogP contribution in [0, 0.1) is 5.82 Å². The summed E-state index contributed by atoms with van der Waals surface area (Å²) < 4.78 is 18.8. The minimum Gasteiger partial charge on any atom is -0.469 e. The number of nitrogens with two attached hydrogens (primary N) is 1. The van der Waals surface area contributed by atoms with E-state index in [0.29, 0.717) is 17.8 Å². The first-order chi connectivity index (χ1) is 8.15. The van der Waals surface area contributed by atoms with Gasteiger partial charge < -0.3 is 15.5 Å². The van der Waals surface area contributed by atoms with Gasteiger partial charge in [0.15, 0.2) is 0 Å².